The summed E-state index contributed by atoms with van der Waals surface area (Å²) in [4.78, 5) is 37.4. The van der Waals surface area contributed by atoms with E-state index in [0.717, 1.165) is 26.7 Å². The van der Waals surface area contributed by atoms with Crippen molar-refractivity contribution in [3.63, 3.8) is 0 Å². The number of hydrogen-bond acceptors (Lipinski definition) is 6. The number of ether oxygens (including phenoxy) is 1. The average Bonchev–Trinajstić information content (AvgIpc) is 3.17. The number of carbonyl (C=O) groups is 3. The van der Waals surface area contributed by atoms with Crippen LogP contribution in [-0.4, -0.2) is 29.1 Å². The molecule has 1 aromatic carbocycles. The number of carbonyl (C=O) groups excluding carboxylic acids is 3. The molecule has 128 valence electrons. The summed E-state index contributed by atoms with van der Waals surface area (Å²) in [5.41, 5.74) is 0.819. The maximum atomic E-state index is 12.5. The largest absolute Gasteiger partial charge is 0.463 e. The van der Waals surface area contributed by atoms with Gasteiger partial charge in [-0.1, -0.05) is 28.1 Å². The molecule has 0 saturated carbocycles. The van der Waals surface area contributed by atoms with E-state index in [-0.39, 0.29) is 17.5 Å². The van der Waals surface area contributed by atoms with Crippen molar-refractivity contribution in [2.75, 3.05) is 7.11 Å². The number of esters is 1. The first-order valence-corrected chi connectivity index (χ1v) is 8.77. The SMILES string of the molecule is COC(=O)c1ccc(CN2C(=O)S/C(=C/c3ccc(Br)cc3)C2=O)o1. The predicted octanol–water partition coefficient (Wildman–Crippen LogP) is 4.07. The van der Waals surface area contributed by atoms with Crippen molar-refractivity contribution in [1.29, 1.82) is 0 Å². The van der Waals surface area contributed by atoms with Gasteiger partial charge in [0.1, 0.15) is 5.76 Å². The van der Waals surface area contributed by atoms with E-state index in [0.29, 0.717) is 10.7 Å². The van der Waals surface area contributed by atoms with E-state index >= 15 is 0 Å². The van der Waals surface area contributed by atoms with Gasteiger partial charge in [-0.15, -0.1) is 0 Å². The monoisotopic (exact) mass is 421 g/mol. The first-order chi connectivity index (χ1) is 12.0. The van der Waals surface area contributed by atoms with Crippen molar-refractivity contribution < 1.29 is 23.5 Å². The molecule has 0 radical (unpaired) electrons. The van der Waals surface area contributed by atoms with E-state index in [1.807, 2.05) is 24.3 Å². The van der Waals surface area contributed by atoms with Crippen LogP contribution >= 0.6 is 27.7 Å². The van der Waals surface area contributed by atoms with Crippen LogP contribution in [-0.2, 0) is 16.1 Å². The molecule has 2 aromatic rings. The summed E-state index contributed by atoms with van der Waals surface area (Å²) in [6.45, 7) is -0.0423. The fraction of sp³-hybridized carbons (Fsp3) is 0.118. The van der Waals surface area contributed by atoms with Crippen LogP contribution in [0.2, 0.25) is 0 Å². The van der Waals surface area contributed by atoms with Crippen LogP contribution in [0.15, 0.2) is 50.2 Å². The van der Waals surface area contributed by atoms with Crippen molar-refractivity contribution in [3.8, 4) is 0 Å². The van der Waals surface area contributed by atoms with Gasteiger partial charge in [0.05, 0.1) is 18.6 Å². The molecule has 2 amide bonds. The van der Waals surface area contributed by atoms with Gasteiger partial charge in [-0.05, 0) is 47.7 Å². The lowest BCUT2D eigenvalue weighted by Crippen LogP contribution is -2.27. The Kier molecular flexibility index (Phi) is 5.10. The number of imide groups is 1. The van der Waals surface area contributed by atoms with Crippen molar-refractivity contribution >= 4 is 50.9 Å². The van der Waals surface area contributed by atoms with E-state index in [1.54, 1.807) is 6.08 Å². The van der Waals surface area contributed by atoms with E-state index < -0.39 is 11.9 Å². The topological polar surface area (TPSA) is 76.8 Å². The van der Waals surface area contributed by atoms with Crippen LogP contribution in [0.5, 0.6) is 0 Å². The zero-order valence-corrected chi connectivity index (χ0v) is 15.4. The smallest absolute Gasteiger partial charge is 0.373 e. The third-order valence-electron chi connectivity index (χ3n) is 3.40. The Morgan fingerprint density at radius 3 is 2.64 bits per heavy atom. The highest BCUT2D eigenvalue weighted by Crippen LogP contribution is 2.33. The number of methoxy groups -OCH3 is 1. The zero-order chi connectivity index (χ0) is 18.0. The van der Waals surface area contributed by atoms with Crippen LogP contribution in [0.4, 0.5) is 4.79 Å². The lowest BCUT2D eigenvalue weighted by atomic mass is 10.2. The minimum absolute atomic E-state index is 0.0230. The van der Waals surface area contributed by atoms with Gasteiger partial charge in [0.25, 0.3) is 11.1 Å². The predicted molar refractivity (Wildman–Crippen MR) is 95.7 cm³/mol. The van der Waals surface area contributed by atoms with Crippen molar-refractivity contribution in [1.82, 2.24) is 4.90 Å². The molecular formula is C17H12BrNO5S. The van der Waals surface area contributed by atoms with E-state index in [1.165, 1.54) is 19.2 Å². The molecule has 2 heterocycles. The maximum Gasteiger partial charge on any atom is 0.373 e. The molecule has 1 aliphatic rings. The van der Waals surface area contributed by atoms with Gasteiger partial charge in [0, 0.05) is 4.47 Å². The Balaban J connectivity index is 1.76. The lowest BCUT2D eigenvalue weighted by molar-refractivity contribution is -0.123. The molecule has 0 bridgehead atoms. The molecule has 25 heavy (non-hydrogen) atoms. The van der Waals surface area contributed by atoms with Crippen LogP contribution < -0.4 is 0 Å². The quantitative estimate of drug-likeness (QED) is 0.546. The molecule has 1 aromatic heterocycles. The Hall–Kier alpha value is -2.32. The number of amides is 2. The summed E-state index contributed by atoms with van der Waals surface area (Å²) < 4.78 is 10.8. The summed E-state index contributed by atoms with van der Waals surface area (Å²) in [7, 11) is 1.24. The minimum atomic E-state index is -0.615. The number of thioether (sulfide) groups is 1. The molecule has 6 nitrogen and oxygen atoms in total. The van der Waals surface area contributed by atoms with Gasteiger partial charge >= 0.3 is 5.97 Å². The fourth-order valence-electron chi connectivity index (χ4n) is 2.18. The second-order valence-corrected chi connectivity index (χ2v) is 6.99. The number of nitrogens with zero attached hydrogens (tertiary/aromatic N) is 1. The van der Waals surface area contributed by atoms with Crippen molar-refractivity contribution in [3.05, 3.63) is 62.9 Å². The van der Waals surface area contributed by atoms with Crippen molar-refractivity contribution in [2.24, 2.45) is 0 Å². The Morgan fingerprint density at radius 2 is 1.96 bits per heavy atom. The molecule has 3 rings (SSSR count). The minimum Gasteiger partial charge on any atom is -0.463 e. The molecule has 1 fully saturated rings. The van der Waals surface area contributed by atoms with Crippen molar-refractivity contribution in [2.45, 2.75) is 6.54 Å². The van der Waals surface area contributed by atoms with Crippen LogP contribution in [0.1, 0.15) is 21.9 Å². The molecule has 0 aliphatic carbocycles. The highest BCUT2D eigenvalue weighted by molar-refractivity contribution is 9.10. The number of furan rings is 1. The molecule has 1 saturated heterocycles. The summed E-state index contributed by atoms with van der Waals surface area (Å²) >= 11 is 4.22. The number of rotatable bonds is 4. The Bertz CT molecular complexity index is 871. The Labute approximate surface area is 155 Å². The highest BCUT2D eigenvalue weighted by Gasteiger charge is 2.35. The molecule has 0 atom stereocenters. The van der Waals surface area contributed by atoms with Gasteiger partial charge in [-0.2, -0.15) is 0 Å². The van der Waals surface area contributed by atoms with Crippen LogP contribution in [0.3, 0.4) is 0 Å². The van der Waals surface area contributed by atoms with E-state index in [4.69, 9.17) is 4.42 Å². The Morgan fingerprint density at radius 1 is 1.24 bits per heavy atom. The van der Waals surface area contributed by atoms with Gasteiger partial charge in [0.2, 0.25) is 5.76 Å². The second-order valence-electron chi connectivity index (χ2n) is 5.08. The van der Waals surface area contributed by atoms with Gasteiger partial charge in [0.15, 0.2) is 0 Å². The summed E-state index contributed by atoms with van der Waals surface area (Å²) in [6.07, 6.45) is 1.67. The van der Waals surface area contributed by atoms with Crippen LogP contribution in [0, 0.1) is 0 Å². The van der Waals surface area contributed by atoms with Gasteiger partial charge in [-0.25, -0.2) is 4.79 Å². The third-order valence-corrected chi connectivity index (χ3v) is 4.84. The second kappa shape index (κ2) is 7.28. The molecule has 0 spiro atoms. The fourth-order valence-corrected chi connectivity index (χ4v) is 3.28. The standard InChI is InChI=1S/C17H12BrNO5S/c1-23-16(21)13-7-6-12(24-13)9-19-15(20)14(25-17(19)22)8-10-2-4-11(18)5-3-10/h2-8H,9H2,1H3/b14-8+. The number of hydrogen-bond donors (Lipinski definition) is 0. The first-order valence-electron chi connectivity index (χ1n) is 7.16. The maximum absolute atomic E-state index is 12.5. The number of halogens is 1. The van der Waals surface area contributed by atoms with E-state index in [9.17, 15) is 14.4 Å². The third kappa shape index (κ3) is 3.85. The number of benzene rings is 1. The summed E-state index contributed by atoms with van der Waals surface area (Å²) in [5, 5.41) is -0.385. The lowest BCUT2D eigenvalue weighted by Gasteiger charge is -2.09. The summed E-state index contributed by atoms with van der Waals surface area (Å²) in [6, 6.07) is 10.4. The molecule has 8 heteroatoms. The molecule has 1 aliphatic heterocycles. The molecule has 0 N–H and O–H groups in total. The normalized spacial score (nSPS) is 15.9. The molecule has 0 unspecified atom stereocenters. The molecular weight excluding hydrogens is 410 g/mol. The average molecular weight is 422 g/mol. The van der Waals surface area contributed by atoms with Gasteiger partial charge < -0.3 is 9.15 Å². The highest BCUT2D eigenvalue weighted by atomic mass is 79.9. The summed E-state index contributed by atoms with van der Waals surface area (Å²) in [5.74, 6) is -0.660. The van der Waals surface area contributed by atoms with E-state index in [2.05, 4.69) is 20.7 Å². The zero-order valence-electron chi connectivity index (χ0n) is 13.0. The first kappa shape index (κ1) is 17.5. The van der Waals surface area contributed by atoms with Crippen LogP contribution in [0.25, 0.3) is 6.08 Å². The van der Waals surface area contributed by atoms with Gasteiger partial charge in [-0.3, -0.25) is 14.5 Å².